The molecule has 0 rings (SSSR count). The fourth-order valence-corrected chi connectivity index (χ4v) is 2.97. The van der Waals surface area contributed by atoms with Crippen LogP contribution in [0.5, 0.6) is 0 Å². The summed E-state index contributed by atoms with van der Waals surface area (Å²) >= 11 is 0. The molecule has 0 aliphatic heterocycles. The molecular weight excluding hydrogens is 312 g/mol. The summed E-state index contributed by atoms with van der Waals surface area (Å²) in [6.07, 6.45) is 21.8. The number of nitrogens with zero attached hydrogens (tertiary/aromatic N) is 1. The molecule has 25 heavy (non-hydrogen) atoms. The van der Waals surface area contributed by atoms with Gasteiger partial charge in [0.15, 0.2) is 0 Å². The summed E-state index contributed by atoms with van der Waals surface area (Å²) in [7, 11) is 0. The summed E-state index contributed by atoms with van der Waals surface area (Å²) < 4.78 is 0. The minimum Gasteiger partial charge on any atom is -0.477 e. The summed E-state index contributed by atoms with van der Waals surface area (Å²) in [5.74, 6) is -0.959. The average molecular weight is 355 g/mol. The van der Waals surface area contributed by atoms with Crippen LogP contribution in [-0.4, -0.2) is 23.3 Å². The third-order valence-electron chi connectivity index (χ3n) is 4.70. The van der Waals surface area contributed by atoms with Crippen molar-refractivity contribution in [3.63, 3.8) is 0 Å². The lowest BCUT2D eigenvalue weighted by atomic mass is 10.0. The minimum absolute atomic E-state index is 0.122. The lowest BCUT2D eigenvalue weighted by molar-refractivity contribution is -0.129. The van der Waals surface area contributed by atoms with Crippen molar-refractivity contribution in [3.8, 4) is 0 Å². The van der Waals surface area contributed by atoms with Crippen LogP contribution in [0.2, 0.25) is 0 Å². The predicted octanol–water partition coefficient (Wildman–Crippen LogP) is 6.30. The summed E-state index contributed by atoms with van der Waals surface area (Å²) in [5.41, 5.74) is 2.94. The van der Waals surface area contributed by atoms with E-state index >= 15 is 0 Å². The Morgan fingerprint density at radius 3 is 1.44 bits per heavy atom. The molecule has 0 fully saturated rings. The molecule has 0 atom stereocenters. The second-order valence-electron chi connectivity index (χ2n) is 7.21. The van der Waals surface area contributed by atoms with Gasteiger partial charge >= 0.3 is 5.97 Å². The maximum absolute atomic E-state index is 10.5. The molecule has 0 aliphatic carbocycles. The van der Waals surface area contributed by atoms with Gasteiger partial charge in [-0.25, -0.2) is 4.79 Å². The first kappa shape index (κ1) is 23.9. The maximum atomic E-state index is 10.5. The highest BCUT2D eigenvalue weighted by Crippen LogP contribution is 2.13. The minimum atomic E-state index is -0.959. The number of hydrogen-bond donors (Lipinski definition) is 2. The van der Waals surface area contributed by atoms with E-state index in [0.29, 0.717) is 0 Å². The first-order valence-electron chi connectivity index (χ1n) is 10.7. The fraction of sp³-hybridized carbons (Fsp3) is 0.905. The van der Waals surface area contributed by atoms with Crippen LogP contribution in [-0.2, 0) is 4.79 Å². The van der Waals surface area contributed by atoms with Crippen LogP contribution in [0.1, 0.15) is 117 Å². The Labute approximate surface area is 155 Å². The predicted molar refractivity (Wildman–Crippen MR) is 108 cm³/mol. The van der Waals surface area contributed by atoms with Crippen molar-refractivity contribution in [3.05, 3.63) is 0 Å². The Kier molecular flexibility index (Phi) is 18.5. The van der Waals surface area contributed by atoms with Gasteiger partial charge in [0.2, 0.25) is 0 Å². The standard InChI is InChI=1S/C21H42N2O2/c1-3-4-5-6-7-8-9-10-11-12-13-14-15-16-17-18-19-22-23-20(2)21(24)25/h22H,3-19H2,1-2H3,(H,24,25)/b23-20+. The molecule has 0 saturated carbocycles. The van der Waals surface area contributed by atoms with E-state index in [2.05, 4.69) is 17.5 Å². The number of carboxylic acids is 1. The van der Waals surface area contributed by atoms with Crippen molar-refractivity contribution < 1.29 is 9.90 Å². The van der Waals surface area contributed by atoms with Crippen LogP contribution in [0.3, 0.4) is 0 Å². The number of carbonyl (C=O) groups is 1. The van der Waals surface area contributed by atoms with E-state index in [1.807, 2.05) is 0 Å². The van der Waals surface area contributed by atoms with Crippen molar-refractivity contribution >= 4 is 11.7 Å². The van der Waals surface area contributed by atoms with E-state index in [1.54, 1.807) is 0 Å². The van der Waals surface area contributed by atoms with Gasteiger partial charge in [-0.15, -0.1) is 0 Å². The van der Waals surface area contributed by atoms with Crippen molar-refractivity contribution in [2.45, 2.75) is 117 Å². The zero-order valence-electron chi connectivity index (χ0n) is 16.8. The van der Waals surface area contributed by atoms with E-state index in [1.165, 1.54) is 103 Å². The Morgan fingerprint density at radius 2 is 1.08 bits per heavy atom. The fourth-order valence-electron chi connectivity index (χ4n) is 2.97. The molecule has 0 bridgehead atoms. The zero-order valence-corrected chi connectivity index (χ0v) is 16.8. The third kappa shape index (κ3) is 19.1. The lowest BCUT2D eigenvalue weighted by Gasteiger charge is -2.04. The van der Waals surface area contributed by atoms with Gasteiger partial charge in [-0.3, -0.25) is 0 Å². The molecule has 0 amide bonds. The summed E-state index contributed by atoms with van der Waals surface area (Å²) in [5, 5.41) is 12.5. The first-order valence-corrected chi connectivity index (χ1v) is 10.7. The van der Waals surface area contributed by atoms with Gasteiger partial charge in [0.05, 0.1) is 0 Å². The van der Waals surface area contributed by atoms with Gasteiger partial charge in [-0.2, -0.15) is 5.10 Å². The van der Waals surface area contributed by atoms with Crippen LogP contribution in [0.25, 0.3) is 0 Å². The molecule has 148 valence electrons. The number of unbranched alkanes of at least 4 members (excludes halogenated alkanes) is 15. The molecule has 0 heterocycles. The third-order valence-corrected chi connectivity index (χ3v) is 4.70. The second kappa shape index (κ2) is 19.3. The molecule has 0 aromatic carbocycles. The number of carboxylic acid groups (broad SMARTS) is 1. The molecule has 0 unspecified atom stereocenters. The van der Waals surface area contributed by atoms with Gasteiger partial charge in [-0.1, -0.05) is 103 Å². The van der Waals surface area contributed by atoms with Gasteiger partial charge in [-0.05, 0) is 13.3 Å². The SMILES string of the molecule is CCCCCCCCCCCCCCCCCCN/N=C(\C)C(=O)O. The number of nitrogens with one attached hydrogen (secondary N) is 1. The second-order valence-corrected chi connectivity index (χ2v) is 7.21. The van der Waals surface area contributed by atoms with Crippen molar-refractivity contribution in [1.29, 1.82) is 0 Å². The van der Waals surface area contributed by atoms with Gasteiger partial charge in [0, 0.05) is 6.54 Å². The molecule has 0 aliphatic rings. The average Bonchev–Trinajstić information content (AvgIpc) is 2.60. The zero-order chi connectivity index (χ0) is 18.6. The maximum Gasteiger partial charge on any atom is 0.351 e. The molecule has 4 nitrogen and oxygen atoms in total. The number of hydrogen-bond acceptors (Lipinski definition) is 3. The quantitative estimate of drug-likeness (QED) is 0.163. The Bertz CT molecular complexity index is 330. The number of hydrazone groups is 1. The first-order chi connectivity index (χ1) is 12.2. The molecule has 4 heteroatoms. The largest absolute Gasteiger partial charge is 0.477 e. The number of rotatable bonds is 19. The monoisotopic (exact) mass is 354 g/mol. The molecule has 0 aromatic heterocycles. The normalized spacial score (nSPS) is 11.7. The van der Waals surface area contributed by atoms with Crippen molar-refractivity contribution in [2.75, 3.05) is 6.54 Å². The van der Waals surface area contributed by atoms with Crippen LogP contribution in [0, 0.1) is 0 Å². The van der Waals surface area contributed by atoms with Crippen LogP contribution < -0.4 is 5.43 Å². The molecule has 0 saturated heterocycles. The van der Waals surface area contributed by atoms with Crippen molar-refractivity contribution in [2.24, 2.45) is 5.10 Å². The van der Waals surface area contributed by atoms with Crippen molar-refractivity contribution in [1.82, 2.24) is 5.43 Å². The highest BCUT2D eigenvalue weighted by molar-refractivity contribution is 6.34. The molecule has 0 radical (unpaired) electrons. The van der Waals surface area contributed by atoms with Crippen LogP contribution in [0.15, 0.2) is 5.10 Å². The Balaban J connectivity index is 3.10. The molecule has 0 spiro atoms. The Morgan fingerprint density at radius 1 is 0.720 bits per heavy atom. The van der Waals surface area contributed by atoms with E-state index in [0.717, 1.165) is 13.0 Å². The summed E-state index contributed by atoms with van der Waals surface area (Å²) in [4.78, 5) is 10.5. The smallest absolute Gasteiger partial charge is 0.351 e. The van der Waals surface area contributed by atoms with Crippen LogP contribution in [0.4, 0.5) is 0 Å². The van der Waals surface area contributed by atoms with E-state index in [9.17, 15) is 4.79 Å². The van der Waals surface area contributed by atoms with Gasteiger partial charge in [0.25, 0.3) is 0 Å². The van der Waals surface area contributed by atoms with E-state index in [4.69, 9.17) is 5.11 Å². The van der Waals surface area contributed by atoms with Gasteiger partial charge < -0.3 is 10.5 Å². The molecule has 0 aromatic rings. The van der Waals surface area contributed by atoms with E-state index in [-0.39, 0.29) is 5.71 Å². The summed E-state index contributed by atoms with van der Waals surface area (Å²) in [6, 6.07) is 0. The molecular formula is C21H42N2O2. The van der Waals surface area contributed by atoms with E-state index < -0.39 is 5.97 Å². The lowest BCUT2D eigenvalue weighted by Crippen LogP contribution is -2.16. The van der Waals surface area contributed by atoms with Gasteiger partial charge in [0.1, 0.15) is 5.71 Å². The van der Waals surface area contributed by atoms with Crippen LogP contribution >= 0.6 is 0 Å². The highest BCUT2D eigenvalue weighted by atomic mass is 16.4. The molecule has 2 N–H and O–H groups in total. The number of aliphatic carboxylic acids is 1. The highest BCUT2D eigenvalue weighted by Gasteiger charge is 1.99. The topological polar surface area (TPSA) is 61.7 Å². The summed E-state index contributed by atoms with van der Waals surface area (Å²) in [6.45, 7) is 4.55. The Hall–Kier alpha value is -1.06.